The zero-order valence-electron chi connectivity index (χ0n) is 15.0. The van der Waals surface area contributed by atoms with Crippen molar-refractivity contribution in [2.24, 2.45) is 0 Å². The maximum absolute atomic E-state index is 9.10. The van der Waals surface area contributed by atoms with Gasteiger partial charge in [0.2, 0.25) is 0 Å². The summed E-state index contributed by atoms with van der Waals surface area (Å²) in [6.07, 6.45) is 2.25. The van der Waals surface area contributed by atoms with Crippen molar-refractivity contribution >= 4 is 0 Å². The van der Waals surface area contributed by atoms with Crippen LogP contribution in [0.4, 0.5) is 0 Å². The molecule has 126 valence electrons. The molecule has 0 saturated carbocycles. The molecule has 0 aromatic heterocycles. The van der Waals surface area contributed by atoms with E-state index in [1.165, 1.54) is 11.1 Å². The fraction of sp³-hybridized carbons (Fsp3) is 0.429. The third kappa shape index (κ3) is 5.97. The SMILES string of the molecule is CCC(C)(C)c1ccc(O)cc1.CCC(C)c1ccc(O)cc1. The maximum Gasteiger partial charge on any atom is 0.115 e. The second kappa shape index (κ2) is 8.61. The Balaban J connectivity index is 0.000000231. The van der Waals surface area contributed by atoms with Gasteiger partial charge in [-0.05, 0) is 59.6 Å². The summed E-state index contributed by atoms with van der Waals surface area (Å²) in [7, 11) is 0. The summed E-state index contributed by atoms with van der Waals surface area (Å²) >= 11 is 0. The quantitative estimate of drug-likeness (QED) is 0.728. The van der Waals surface area contributed by atoms with Crippen LogP contribution < -0.4 is 0 Å². The van der Waals surface area contributed by atoms with Crippen LogP contribution in [-0.4, -0.2) is 10.2 Å². The minimum Gasteiger partial charge on any atom is -0.508 e. The third-order valence-electron chi connectivity index (χ3n) is 4.61. The Labute approximate surface area is 140 Å². The molecule has 23 heavy (non-hydrogen) atoms. The van der Waals surface area contributed by atoms with E-state index in [1.54, 1.807) is 24.3 Å². The lowest BCUT2D eigenvalue weighted by Gasteiger charge is -2.22. The molecule has 0 bridgehead atoms. The summed E-state index contributed by atoms with van der Waals surface area (Å²) in [5.41, 5.74) is 2.79. The molecule has 0 saturated heterocycles. The molecule has 2 nitrogen and oxygen atoms in total. The molecule has 1 unspecified atom stereocenters. The number of hydrogen-bond acceptors (Lipinski definition) is 2. The van der Waals surface area contributed by atoms with Crippen molar-refractivity contribution in [2.45, 2.75) is 58.8 Å². The van der Waals surface area contributed by atoms with Crippen molar-refractivity contribution < 1.29 is 10.2 Å². The van der Waals surface area contributed by atoms with Gasteiger partial charge >= 0.3 is 0 Å². The largest absolute Gasteiger partial charge is 0.508 e. The molecule has 0 heterocycles. The summed E-state index contributed by atoms with van der Waals surface area (Å²) in [5, 5.41) is 18.1. The number of aromatic hydroxyl groups is 2. The van der Waals surface area contributed by atoms with E-state index in [9.17, 15) is 0 Å². The van der Waals surface area contributed by atoms with Crippen LogP contribution in [0.1, 0.15) is 64.5 Å². The molecule has 2 heteroatoms. The van der Waals surface area contributed by atoms with Gasteiger partial charge in [0.25, 0.3) is 0 Å². The Bertz CT molecular complexity index is 568. The van der Waals surface area contributed by atoms with Gasteiger partial charge in [-0.25, -0.2) is 0 Å². The second-order valence-electron chi connectivity index (χ2n) is 6.69. The van der Waals surface area contributed by atoms with Gasteiger partial charge in [0.05, 0.1) is 0 Å². The van der Waals surface area contributed by atoms with E-state index in [-0.39, 0.29) is 5.41 Å². The van der Waals surface area contributed by atoms with Crippen molar-refractivity contribution in [1.82, 2.24) is 0 Å². The summed E-state index contributed by atoms with van der Waals surface area (Å²) in [6, 6.07) is 14.9. The number of benzene rings is 2. The van der Waals surface area contributed by atoms with E-state index in [0.717, 1.165) is 12.8 Å². The molecule has 0 radical (unpaired) electrons. The van der Waals surface area contributed by atoms with Crippen molar-refractivity contribution in [3.05, 3.63) is 59.7 Å². The molecule has 1 atom stereocenters. The fourth-order valence-electron chi connectivity index (χ4n) is 2.16. The van der Waals surface area contributed by atoms with Crippen LogP contribution in [0.25, 0.3) is 0 Å². The van der Waals surface area contributed by atoms with Gasteiger partial charge in [0.15, 0.2) is 0 Å². The van der Waals surface area contributed by atoms with Crippen LogP contribution >= 0.6 is 0 Å². The van der Waals surface area contributed by atoms with Crippen LogP contribution in [0.15, 0.2) is 48.5 Å². The molecule has 0 aliphatic carbocycles. The smallest absolute Gasteiger partial charge is 0.115 e. The molecule has 2 N–H and O–H groups in total. The van der Waals surface area contributed by atoms with Crippen LogP contribution in [-0.2, 0) is 5.41 Å². The summed E-state index contributed by atoms with van der Waals surface area (Å²) in [4.78, 5) is 0. The predicted molar refractivity (Wildman–Crippen MR) is 98.2 cm³/mol. The summed E-state index contributed by atoms with van der Waals surface area (Å²) in [5.74, 6) is 1.28. The molecule has 0 spiro atoms. The Morgan fingerprint density at radius 1 is 0.826 bits per heavy atom. The standard InChI is InChI=1S/C11H16O.C10H14O/c1-4-11(2,3)9-5-7-10(12)8-6-9;1-3-8(2)9-4-6-10(11)7-5-9/h5-8,12H,4H2,1-3H3;4-8,11H,3H2,1-2H3. The lowest BCUT2D eigenvalue weighted by molar-refractivity contribution is 0.471. The minimum absolute atomic E-state index is 0.216. The molecule has 0 fully saturated rings. The Morgan fingerprint density at radius 2 is 1.26 bits per heavy atom. The lowest BCUT2D eigenvalue weighted by Crippen LogP contribution is -2.14. The monoisotopic (exact) mass is 314 g/mol. The van der Waals surface area contributed by atoms with Crippen LogP contribution in [0.3, 0.4) is 0 Å². The normalized spacial score (nSPS) is 12.2. The van der Waals surface area contributed by atoms with Crippen molar-refractivity contribution in [2.75, 3.05) is 0 Å². The number of phenolic OH excluding ortho intramolecular Hbond substituents is 2. The van der Waals surface area contributed by atoms with Gasteiger partial charge in [-0.3, -0.25) is 0 Å². The highest BCUT2D eigenvalue weighted by atomic mass is 16.3. The topological polar surface area (TPSA) is 40.5 Å². The first-order valence-corrected chi connectivity index (χ1v) is 8.38. The highest BCUT2D eigenvalue weighted by Gasteiger charge is 2.17. The van der Waals surface area contributed by atoms with E-state index < -0.39 is 0 Å². The van der Waals surface area contributed by atoms with E-state index in [2.05, 4.69) is 34.6 Å². The zero-order chi connectivity index (χ0) is 17.5. The molecule has 2 aromatic rings. The predicted octanol–water partition coefficient (Wildman–Crippen LogP) is 5.99. The van der Waals surface area contributed by atoms with Gasteiger partial charge in [-0.2, -0.15) is 0 Å². The molecule has 2 aromatic carbocycles. The molecule has 2 rings (SSSR count). The highest BCUT2D eigenvalue weighted by molar-refractivity contribution is 5.30. The maximum atomic E-state index is 9.10. The van der Waals surface area contributed by atoms with Gasteiger partial charge in [-0.1, -0.05) is 58.9 Å². The summed E-state index contributed by atoms with van der Waals surface area (Å²) in [6.45, 7) is 10.9. The molecule has 0 amide bonds. The molecule has 0 aliphatic rings. The first-order valence-electron chi connectivity index (χ1n) is 8.38. The first-order chi connectivity index (χ1) is 10.8. The average Bonchev–Trinajstić information content (AvgIpc) is 2.56. The lowest BCUT2D eigenvalue weighted by atomic mass is 9.82. The van der Waals surface area contributed by atoms with Crippen molar-refractivity contribution in [1.29, 1.82) is 0 Å². The van der Waals surface area contributed by atoms with Gasteiger partial charge in [-0.15, -0.1) is 0 Å². The van der Waals surface area contributed by atoms with Crippen LogP contribution in [0.2, 0.25) is 0 Å². The molecular weight excluding hydrogens is 284 g/mol. The number of phenols is 2. The van der Waals surface area contributed by atoms with E-state index in [4.69, 9.17) is 10.2 Å². The van der Waals surface area contributed by atoms with Crippen LogP contribution in [0, 0.1) is 0 Å². The zero-order valence-corrected chi connectivity index (χ0v) is 15.0. The van der Waals surface area contributed by atoms with Gasteiger partial charge < -0.3 is 10.2 Å². The van der Waals surface area contributed by atoms with Gasteiger partial charge in [0.1, 0.15) is 11.5 Å². The van der Waals surface area contributed by atoms with Crippen LogP contribution in [0.5, 0.6) is 11.5 Å². The van der Waals surface area contributed by atoms with E-state index >= 15 is 0 Å². The van der Waals surface area contributed by atoms with Gasteiger partial charge in [0, 0.05) is 0 Å². The Kier molecular flexibility index (Phi) is 7.15. The van der Waals surface area contributed by atoms with Crippen molar-refractivity contribution in [3.63, 3.8) is 0 Å². The highest BCUT2D eigenvalue weighted by Crippen LogP contribution is 2.27. The van der Waals surface area contributed by atoms with E-state index in [1.807, 2.05) is 24.3 Å². The Morgan fingerprint density at radius 3 is 1.65 bits per heavy atom. The summed E-state index contributed by atoms with van der Waals surface area (Å²) < 4.78 is 0. The fourth-order valence-corrected chi connectivity index (χ4v) is 2.16. The Hall–Kier alpha value is -1.96. The first kappa shape index (κ1) is 19.1. The minimum atomic E-state index is 0.216. The number of hydrogen-bond donors (Lipinski definition) is 2. The molecular formula is C21H30O2. The average molecular weight is 314 g/mol. The second-order valence-corrected chi connectivity index (χ2v) is 6.69. The van der Waals surface area contributed by atoms with Crippen molar-refractivity contribution in [3.8, 4) is 11.5 Å². The van der Waals surface area contributed by atoms with E-state index in [0.29, 0.717) is 17.4 Å². The third-order valence-corrected chi connectivity index (χ3v) is 4.61. The number of rotatable bonds is 4. The molecule has 0 aliphatic heterocycles.